The van der Waals surface area contributed by atoms with Gasteiger partial charge in [-0.05, 0) is 55.0 Å². The molecule has 2 aromatic rings. The Hall–Kier alpha value is -2.42. The summed E-state index contributed by atoms with van der Waals surface area (Å²) in [5, 5.41) is 0. The van der Waals surface area contributed by atoms with E-state index in [0.29, 0.717) is 11.3 Å². The number of hydrogen-bond acceptors (Lipinski definition) is 4. The van der Waals surface area contributed by atoms with Crippen LogP contribution < -0.4 is 14.2 Å². The van der Waals surface area contributed by atoms with E-state index < -0.39 is 22.1 Å². The lowest BCUT2D eigenvalue weighted by atomic mass is 10.2. The predicted molar refractivity (Wildman–Crippen MR) is 81.7 cm³/mol. The van der Waals surface area contributed by atoms with Crippen LogP contribution in [0.25, 0.3) is 0 Å². The molecule has 0 saturated heterocycles. The van der Waals surface area contributed by atoms with Gasteiger partial charge in [-0.25, -0.2) is 8.42 Å². The molecular formula is C15H14F3NO4S. The van der Waals surface area contributed by atoms with Gasteiger partial charge in [-0.2, -0.15) is 0 Å². The summed E-state index contributed by atoms with van der Waals surface area (Å²) in [7, 11) is -2.41. The molecule has 9 heteroatoms. The average Bonchev–Trinajstić information content (AvgIpc) is 2.47. The summed E-state index contributed by atoms with van der Waals surface area (Å²) in [6.07, 6.45) is -4.80. The van der Waals surface area contributed by atoms with Gasteiger partial charge < -0.3 is 9.47 Å². The summed E-state index contributed by atoms with van der Waals surface area (Å²) in [6, 6.07) is 8.71. The van der Waals surface area contributed by atoms with E-state index in [4.69, 9.17) is 4.74 Å². The zero-order chi connectivity index (χ0) is 18.0. The largest absolute Gasteiger partial charge is 0.573 e. The lowest BCUT2D eigenvalue weighted by Gasteiger charge is -2.12. The molecule has 2 aromatic carbocycles. The number of benzene rings is 2. The van der Waals surface area contributed by atoms with Crippen LogP contribution in [0.2, 0.25) is 0 Å². The van der Waals surface area contributed by atoms with Gasteiger partial charge in [-0.3, -0.25) is 4.72 Å². The summed E-state index contributed by atoms with van der Waals surface area (Å²) < 4.78 is 71.9. The Morgan fingerprint density at radius 2 is 1.67 bits per heavy atom. The van der Waals surface area contributed by atoms with Crippen molar-refractivity contribution in [2.24, 2.45) is 0 Å². The molecule has 24 heavy (non-hydrogen) atoms. The molecule has 0 amide bonds. The van der Waals surface area contributed by atoms with Crippen LogP contribution in [0.3, 0.4) is 0 Å². The van der Waals surface area contributed by atoms with Gasteiger partial charge >= 0.3 is 6.36 Å². The first-order valence-electron chi connectivity index (χ1n) is 6.64. The third-order valence-corrected chi connectivity index (χ3v) is 4.40. The molecule has 0 radical (unpaired) electrons. The number of nitrogens with one attached hydrogen (secondary N) is 1. The highest BCUT2D eigenvalue weighted by molar-refractivity contribution is 7.92. The number of ether oxygens (including phenoxy) is 2. The Kier molecular flexibility index (Phi) is 4.93. The smallest absolute Gasteiger partial charge is 0.496 e. The SMILES string of the molecule is COc1ccc(S(=O)(=O)Nc2ccc(OC(F)(F)F)cc2)cc1C. The summed E-state index contributed by atoms with van der Waals surface area (Å²) in [4.78, 5) is 0.0106. The fourth-order valence-corrected chi connectivity index (χ4v) is 3.10. The van der Waals surface area contributed by atoms with E-state index in [9.17, 15) is 21.6 Å². The summed E-state index contributed by atoms with van der Waals surface area (Å²) in [6.45, 7) is 1.70. The van der Waals surface area contributed by atoms with Gasteiger partial charge in [-0.1, -0.05) is 0 Å². The maximum Gasteiger partial charge on any atom is 0.573 e. The van der Waals surface area contributed by atoms with Crippen molar-refractivity contribution in [3.8, 4) is 11.5 Å². The number of methoxy groups -OCH3 is 1. The fourth-order valence-electron chi connectivity index (χ4n) is 1.96. The van der Waals surface area contributed by atoms with Gasteiger partial charge in [0, 0.05) is 5.69 Å². The standard InChI is InChI=1S/C15H14F3NO4S/c1-10-9-13(7-8-14(10)22-2)24(20,21)19-11-3-5-12(6-4-11)23-15(16,17)18/h3-9,19H,1-2H3. The van der Waals surface area contributed by atoms with Crippen molar-refractivity contribution >= 4 is 15.7 Å². The number of hydrogen-bond donors (Lipinski definition) is 1. The molecule has 0 aliphatic carbocycles. The van der Waals surface area contributed by atoms with E-state index in [-0.39, 0.29) is 10.6 Å². The van der Waals surface area contributed by atoms with Crippen molar-refractivity contribution in [2.75, 3.05) is 11.8 Å². The first-order chi connectivity index (χ1) is 11.1. The van der Waals surface area contributed by atoms with Gasteiger partial charge in [-0.15, -0.1) is 13.2 Å². The zero-order valence-corrected chi connectivity index (χ0v) is 13.5. The molecule has 0 fully saturated rings. The van der Waals surface area contributed by atoms with Crippen LogP contribution in [0.15, 0.2) is 47.4 Å². The van der Waals surface area contributed by atoms with E-state index in [0.717, 1.165) is 12.1 Å². The van der Waals surface area contributed by atoms with Crippen molar-refractivity contribution in [3.05, 3.63) is 48.0 Å². The number of sulfonamides is 1. The average molecular weight is 361 g/mol. The molecule has 0 bridgehead atoms. The second-order valence-electron chi connectivity index (χ2n) is 4.81. The van der Waals surface area contributed by atoms with Crippen LogP contribution in [0.1, 0.15) is 5.56 Å². The highest BCUT2D eigenvalue weighted by atomic mass is 32.2. The predicted octanol–water partition coefficient (Wildman–Crippen LogP) is 3.70. The van der Waals surface area contributed by atoms with Crippen molar-refractivity contribution in [3.63, 3.8) is 0 Å². The molecule has 0 aliphatic rings. The highest BCUT2D eigenvalue weighted by Gasteiger charge is 2.31. The molecule has 0 saturated carbocycles. The number of anilines is 1. The van der Waals surface area contributed by atoms with Gasteiger partial charge in [0.05, 0.1) is 12.0 Å². The van der Waals surface area contributed by atoms with Crippen LogP contribution in [0, 0.1) is 6.92 Å². The Balaban J connectivity index is 2.18. The zero-order valence-electron chi connectivity index (χ0n) is 12.7. The molecule has 0 heterocycles. The Morgan fingerprint density at radius 3 is 2.17 bits per heavy atom. The molecule has 0 atom stereocenters. The number of alkyl halides is 3. The van der Waals surface area contributed by atoms with Gasteiger partial charge in [0.25, 0.3) is 10.0 Å². The van der Waals surface area contributed by atoms with E-state index in [1.165, 1.54) is 37.4 Å². The highest BCUT2D eigenvalue weighted by Crippen LogP contribution is 2.26. The van der Waals surface area contributed by atoms with Crippen molar-refractivity contribution < 1.29 is 31.1 Å². The Bertz CT molecular complexity index is 818. The summed E-state index contributed by atoms with van der Waals surface area (Å²) >= 11 is 0. The number of aryl methyl sites for hydroxylation is 1. The normalized spacial score (nSPS) is 11.9. The lowest BCUT2D eigenvalue weighted by molar-refractivity contribution is -0.274. The first-order valence-corrected chi connectivity index (χ1v) is 8.12. The molecule has 5 nitrogen and oxygen atoms in total. The fraction of sp³-hybridized carbons (Fsp3) is 0.200. The van der Waals surface area contributed by atoms with Gasteiger partial charge in [0.1, 0.15) is 11.5 Å². The third-order valence-electron chi connectivity index (χ3n) is 3.02. The third kappa shape index (κ3) is 4.54. The molecule has 0 unspecified atom stereocenters. The molecule has 0 aliphatic heterocycles. The van der Waals surface area contributed by atoms with Crippen LogP contribution in [0.5, 0.6) is 11.5 Å². The number of halogens is 3. The molecular weight excluding hydrogens is 347 g/mol. The van der Waals surface area contributed by atoms with E-state index in [2.05, 4.69) is 9.46 Å². The maximum absolute atomic E-state index is 12.3. The summed E-state index contributed by atoms with van der Waals surface area (Å²) in [5.41, 5.74) is 0.743. The molecule has 0 aromatic heterocycles. The first kappa shape index (κ1) is 17.9. The molecule has 0 spiro atoms. The lowest BCUT2D eigenvalue weighted by Crippen LogP contribution is -2.17. The minimum atomic E-state index is -4.80. The minimum absolute atomic E-state index is 0.0106. The maximum atomic E-state index is 12.3. The van der Waals surface area contributed by atoms with Gasteiger partial charge in [0.15, 0.2) is 0 Å². The van der Waals surface area contributed by atoms with Crippen LogP contribution in [-0.2, 0) is 10.0 Å². The van der Waals surface area contributed by atoms with Crippen LogP contribution in [0.4, 0.5) is 18.9 Å². The van der Waals surface area contributed by atoms with E-state index in [1.54, 1.807) is 6.92 Å². The quantitative estimate of drug-likeness (QED) is 0.882. The second kappa shape index (κ2) is 6.60. The van der Waals surface area contributed by atoms with Gasteiger partial charge in [0.2, 0.25) is 0 Å². The Labute approximate surface area is 137 Å². The van der Waals surface area contributed by atoms with Crippen molar-refractivity contribution in [2.45, 2.75) is 18.2 Å². The molecule has 2 rings (SSSR count). The molecule has 130 valence electrons. The Morgan fingerprint density at radius 1 is 1.04 bits per heavy atom. The van der Waals surface area contributed by atoms with Crippen molar-refractivity contribution in [1.82, 2.24) is 0 Å². The molecule has 1 N–H and O–H groups in total. The summed E-state index contributed by atoms with van der Waals surface area (Å²) in [5.74, 6) is 0.105. The topological polar surface area (TPSA) is 64.6 Å². The van der Waals surface area contributed by atoms with Crippen LogP contribution >= 0.6 is 0 Å². The number of rotatable bonds is 5. The van der Waals surface area contributed by atoms with E-state index >= 15 is 0 Å². The minimum Gasteiger partial charge on any atom is -0.496 e. The van der Waals surface area contributed by atoms with Crippen LogP contribution in [-0.4, -0.2) is 21.9 Å². The second-order valence-corrected chi connectivity index (χ2v) is 6.49. The van der Waals surface area contributed by atoms with E-state index in [1.807, 2.05) is 0 Å². The van der Waals surface area contributed by atoms with Crippen molar-refractivity contribution in [1.29, 1.82) is 0 Å². The monoisotopic (exact) mass is 361 g/mol.